The van der Waals surface area contributed by atoms with Gasteiger partial charge in [0.15, 0.2) is 0 Å². The van der Waals surface area contributed by atoms with Gasteiger partial charge in [-0.15, -0.1) is 0 Å². The maximum absolute atomic E-state index is 13.9. The lowest BCUT2D eigenvalue weighted by Gasteiger charge is -2.25. The monoisotopic (exact) mass is 469 g/mol. The molecule has 0 aliphatic heterocycles. The van der Waals surface area contributed by atoms with E-state index >= 15 is 0 Å². The number of aryl methyl sites for hydroxylation is 1. The number of nitrogens with zero attached hydrogens (tertiary/aromatic N) is 3. The van der Waals surface area contributed by atoms with Gasteiger partial charge in [-0.2, -0.15) is 5.10 Å². The van der Waals surface area contributed by atoms with E-state index in [1.165, 1.54) is 12.1 Å². The number of para-hydroxylation sites is 1. The number of unbranched alkanes of at least 4 members (excludes halogenated alkanes) is 1. The third-order valence-electron chi connectivity index (χ3n) is 5.49. The van der Waals surface area contributed by atoms with Crippen LogP contribution in [-0.2, 0) is 11.3 Å². The van der Waals surface area contributed by atoms with Crippen LogP contribution in [0.4, 0.5) is 4.39 Å². The summed E-state index contributed by atoms with van der Waals surface area (Å²) in [5.41, 5.74) is 2.58. The smallest absolute Gasteiger partial charge is 0.227 e. The van der Waals surface area contributed by atoms with E-state index in [1.54, 1.807) is 16.8 Å². The highest BCUT2D eigenvalue weighted by atomic mass is 19.1. The van der Waals surface area contributed by atoms with Gasteiger partial charge in [0.2, 0.25) is 5.88 Å². The van der Waals surface area contributed by atoms with Crippen LogP contribution in [0.15, 0.2) is 54.6 Å². The van der Waals surface area contributed by atoms with E-state index in [1.807, 2.05) is 37.3 Å². The number of ether oxygens (including phenoxy) is 2. The molecule has 1 aromatic heterocycles. The first-order chi connectivity index (χ1) is 16.5. The molecule has 0 fully saturated rings. The minimum Gasteiger partial charge on any atom is -0.438 e. The summed E-state index contributed by atoms with van der Waals surface area (Å²) in [6.07, 6.45) is 2.41. The third-order valence-corrected chi connectivity index (χ3v) is 5.49. The highest BCUT2D eigenvalue weighted by Crippen LogP contribution is 2.32. The molecule has 1 heterocycles. The van der Waals surface area contributed by atoms with Crippen molar-refractivity contribution in [2.24, 2.45) is 0 Å². The van der Waals surface area contributed by atoms with Crippen molar-refractivity contribution in [3.8, 4) is 17.3 Å². The summed E-state index contributed by atoms with van der Waals surface area (Å²) in [4.78, 5) is 2.19. The highest BCUT2D eigenvalue weighted by Gasteiger charge is 2.22. The largest absolute Gasteiger partial charge is 0.438 e. The average Bonchev–Trinajstić information content (AvgIpc) is 3.12. The maximum atomic E-state index is 13.9. The Hall–Kier alpha value is -2.74. The molecular weight excluding hydrogens is 433 g/mol. The lowest BCUT2D eigenvalue weighted by atomic mass is 10.2. The van der Waals surface area contributed by atoms with Crippen LogP contribution in [0.1, 0.15) is 44.4 Å². The van der Waals surface area contributed by atoms with Crippen molar-refractivity contribution in [1.29, 1.82) is 0 Å². The van der Waals surface area contributed by atoms with E-state index < -0.39 is 6.10 Å². The first-order valence-electron chi connectivity index (χ1n) is 12.1. The second-order valence-electron chi connectivity index (χ2n) is 8.49. The molecule has 1 unspecified atom stereocenters. The van der Waals surface area contributed by atoms with E-state index in [4.69, 9.17) is 14.6 Å². The minimum absolute atomic E-state index is 0.315. The summed E-state index contributed by atoms with van der Waals surface area (Å²) >= 11 is 0. The number of halogens is 1. The number of hydrogen-bond acceptors (Lipinski definition) is 5. The van der Waals surface area contributed by atoms with Gasteiger partial charge in [-0.05, 0) is 50.6 Å². The molecule has 0 aliphatic rings. The Morgan fingerprint density at radius 1 is 1.09 bits per heavy atom. The predicted octanol–water partition coefficient (Wildman–Crippen LogP) is 5.50. The zero-order valence-corrected chi connectivity index (χ0v) is 20.4. The molecule has 6 nitrogen and oxygen atoms in total. The predicted molar refractivity (Wildman–Crippen MR) is 132 cm³/mol. The van der Waals surface area contributed by atoms with Crippen LogP contribution in [0.5, 0.6) is 11.6 Å². The summed E-state index contributed by atoms with van der Waals surface area (Å²) in [5, 5.41) is 15.3. The van der Waals surface area contributed by atoms with E-state index in [0.717, 1.165) is 42.8 Å². The fourth-order valence-electron chi connectivity index (χ4n) is 3.80. The van der Waals surface area contributed by atoms with Crippen molar-refractivity contribution < 1.29 is 19.0 Å². The van der Waals surface area contributed by atoms with Crippen molar-refractivity contribution in [3.63, 3.8) is 0 Å². The molecule has 0 bridgehead atoms. The molecule has 0 saturated heterocycles. The minimum atomic E-state index is -0.583. The van der Waals surface area contributed by atoms with Gasteiger partial charge in [-0.1, -0.05) is 44.5 Å². The van der Waals surface area contributed by atoms with Gasteiger partial charge < -0.3 is 14.6 Å². The van der Waals surface area contributed by atoms with Crippen molar-refractivity contribution in [2.75, 3.05) is 26.3 Å². The van der Waals surface area contributed by atoms with Gasteiger partial charge in [-0.25, -0.2) is 9.07 Å². The van der Waals surface area contributed by atoms with Crippen LogP contribution >= 0.6 is 0 Å². The van der Waals surface area contributed by atoms with Gasteiger partial charge in [0.1, 0.15) is 11.6 Å². The normalized spacial score (nSPS) is 12.3. The molecule has 3 rings (SSSR count). The Kier molecular flexibility index (Phi) is 10.1. The lowest BCUT2D eigenvalue weighted by Crippen LogP contribution is -2.35. The summed E-state index contributed by atoms with van der Waals surface area (Å²) < 4.78 is 27.4. The summed E-state index contributed by atoms with van der Waals surface area (Å²) in [6.45, 7) is 8.98. The van der Waals surface area contributed by atoms with Gasteiger partial charge >= 0.3 is 0 Å². The first kappa shape index (κ1) is 25.9. The average molecular weight is 470 g/mol. The quantitative estimate of drug-likeness (QED) is 0.316. The molecule has 3 aromatic rings. The molecule has 0 aliphatic carbocycles. The van der Waals surface area contributed by atoms with Gasteiger partial charge in [0.05, 0.1) is 29.7 Å². The van der Waals surface area contributed by atoms with Crippen LogP contribution in [-0.4, -0.2) is 52.2 Å². The summed E-state index contributed by atoms with van der Waals surface area (Å²) in [6, 6.07) is 15.8. The number of rotatable bonds is 14. The molecule has 1 atom stereocenters. The zero-order valence-electron chi connectivity index (χ0n) is 20.4. The topological polar surface area (TPSA) is 59.8 Å². The second-order valence-corrected chi connectivity index (χ2v) is 8.49. The number of aromatic nitrogens is 2. The van der Waals surface area contributed by atoms with Crippen molar-refractivity contribution in [2.45, 2.75) is 52.7 Å². The van der Waals surface area contributed by atoms with Gasteiger partial charge in [-0.3, -0.25) is 4.90 Å². The van der Waals surface area contributed by atoms with E-state index in [2.05, 4.69) is 18.7 Å². The maximum Gasteiger partial charge on any atom is 0.227 e. The molecule has 0 amide bonds. The number of hydrogen-bond donors (Lipinski definition) is 1. The van der Waals surface area contributed by atoms with E-state index in [0.29, 0.717) is 37.9 Å². The van der Waals surface area contributed by atoms with Crippen molar-refractivity contribution >= 4 is 0 Å². The summed E-state index contributed by atoms with van der Waals surface area (Å²) in [5.74, 6) is 0.592. The van der Waals surface area contributed by atoms with Gasteiger partial charge in [0.25, 0.3) is 0 Å². The molecule has 34 heavy (non-hydrogen) atoms. The fraction of sp³-hybridized carbons (Fsp3) is 0.444. The third kappa shape index (κ3) is 7.38. The molecule has 0 spiro atoms. The second kappa shape index (κ2) is 13.2. The zero-order chi connectivity index (χ0) is 24.3. The SMILES string of the molecule is CCCCOCC(O)CN(CCC)Cc1c(C)nn(-c2ccccc2)c1Oc1cccc(F)c1. The Labute approximate surface area is 201 Å². The number of benzene rings is 2. The summed E-state index contributed by atoms with van der Waals surface area (Å²) in [7, 11) is 0. The van der Waals surface area contributed by atoms with Crippen molar-refractivity contribution in [3.05, 3.63) is 71.7 Å². The molecule has 184 valence electrons. The molecular formula is C27H36FN3O3. The molecule has 0 saturated carbocycles. The van der Waals surface area contributed by atoms with Crippen molar-refractivity contribution in [1.82, 2.24) is 14.7 Å². The van der Waals surface area contributed by atoms with Crippen LogP contribution in [0.3, 0.4) is 0 Å². The van der Waals surface area contributed by atoms with Crippen LogP contribution in [0.2, 0.25) is 0 Å². The lowest BCUT2D eigenvalue weighted by molar-refractivity contribution is 0.0143. The highest BCUT2D eigenvalue weighted by molar-refractivity contribution is 5.43. The Morgan fingerprint density at radius 3 is 2.59 bits per heavy atom. The fourth-order valence-corrected chi connectivity index (χ4v) is 3.80. The Balaban J connectivity index is 1.86. The van der Waals surface area contributed by atoms with Gasteiger partial charge in [0, 0.05) is 25.8 Å². The van der Waals surface area contributed by atoms with Crippen LogP contribution in [0, 0.1) is 12.7 Å². The molecule has 0 radical (unpaired) electrons. The number of aliphatic hydroxyl groups excluding tert-OH is 1. The molecule has 7 heteroatoms. The molecule has 1 N–H and O–H groups in total. The first-order valence-corrected chi connectivity index (χ1v) is 12.1. The van der Waals surface area contributed by atoms with Crippen LogP contribution in [0.25, 0.3) is 5.69 Å². The van der Waals surface area contributed by atoms with E-state index in [9.17, 15) is 9.50 Å². The number of aliphatic hydroxyl groups is 1. The van der Waals surface area contributed by atoms with E-state index in [-0.39, 0.29) is 5.82 Å². The standard InChI is InChI=1S/C27H36FN3O3/c1-4-6-16-33-20-24(32)18-30(15-5-2)19-26-21(3)29-31(23-12-8-7-9-13-23)27(26)34-25-14-10-11-22(28)17-25/h7-14,17,24,32H,4-6,15-16,18-20H2,1-3H3. The van der Waals surface area contributed by atoms with Crippen LogP contribution < -0.4 is 4.74 Å². The Morgan fingerprint density at radius 2 is 1.88 bits per heavy atom. The molecule has 2 aromatic carbocycles. The Bertz CT molecular complexity index is 1010.